The van der Waals surface area contributed by atoms with Crippen molar-refractivity contribution in [3.05, 3.63) is 35.4 Å². The van der Waals surface area contributed by atoms with Gasteiger partial charge in [0.05, 0.1) is 29.4 Å². The summed E-state index contributed by atoms with van der Waals surface area (Å²) >= 11 is 8.39. The van der Waals surface area contributed by atoms with Crippen LogP contribution in [0.2, 0.25) is 5.02 Å². The molecular formula is C21H24ClN5OS. The molecule has 0 aliphatic carbocycles. The molecule has 0 amide bonds. The maximum Gasteiger partial charge on any atom is 0.179 e. The van der Waals surface area contributed by atoms with Gasteiger partial charge >= 0.3 is 0 Å². The second-order valence-electron chi connectivity index (χ2n) is 7.45. The third-order valence-electron chi connectivity index (χ3n) is 5.49. The second kappa shape index (κ2) is 8.52. The third kappa shape index (κ3) is 4.23. The van der Waals surface area contributed by atoms with E-state index in [2.05, 4.69) is 39.5 Å². The van der Waals surface area contributed by atoms with Gasteiger partial charge in [-0.15, -0.1) is 0 Å². The van der Waals surface area contributed by atoms with E-state index in [-0.39, 0.29) is 0 Å². The normalized spacial score (nSPS) is 18.4. The average Bonchev–Trinajstić information content (AvgIpc) is 3.15. The van der Waals surface area contributed by atoms with Crippen LogP contribution in [0.5, 0.6) is 0 Å². The van der Waals surface area contributed by atoms with Crippen LogP contribution < -0.4 is 10.2 Å². The molecule has 29 heavy (non-hydrogen) atoms. The third-order valence-corrected chi connectivity index (χ3v) is 7.00. The van der Waals surface area contributed by atoms with E-state index >= 15 is 0 Å². The number of pyridine rings is 1. The second-order valence-corrected chi connectivity index (χ2v) is 9.14. The number of imidazole rings is 1. The molecule has 0 unspecified atom stereocenters. The van der Waals surface area contributed by atoms with Gasteiger partial charge in [-0.1, -0.05) is 35.5 Å². The van der Waals surface area contributed by atoms with Gasteiger partial charge in [0.15, 0.2) is 10.8 Å². The quantitative estimate of drug-likeness (QED) is 0.654. The maximum absolute atomic E-state index is 6.58. The fourth-order valence-electron chi connectivity index (χ4n) is 3.88. The van der Waals surface area contributed by atoms with Gasteiger partial charge in [-0.2, -0.15) is 0 Å². The van der Waals surface area contributed by atoms with E-state index in [1.54, 1.807) is 0 Å². The molecule has 2 saturated heterocycles. The van der Waals surface area contributed by atoms with E-state index in [1.165, 1.54) is 5.69 Å². The number of anilines is 1. The number of morpholine rings is 1. The van der Waals surface area contributed by atoms with Crippen molar-refractivity contribution in [1.29, 1.82) is 0 Å². The number of nitrogens with zero attached hydrogens (tertiary/aromatic N) is 3. The Morgan fingerprint density at radius 1 is 1.07 bits per heavy atom. The highest BCUT2D eigenvalue weighted by atomic mass is 35.5. The highest BCUT2D eigenvalue weighted by Gasteiger charge is 2.18. The lowest BCUT2D eigenvalue weighted by molar-refractivity contribution is 0.122. The summed E-state index contributed by atoms with van der Waals surface area (Å²) in [5.74, 6) is 0. The summed E-state index contributed by atoms with van der Waals surface area (Å²) in [7, 11) is 0. The molecule has 2 aliphatic heterocycles. The molecule has 0 saturated carbocycles. The number of piperidine rings is 1. The predicted molar refractivity (Wildman–Crippen MR) is 119 cm³/mol. The summed E-state index contributed by atoms with van der Waals surface area (Å²) in [4.78, 5) is 15.2. The zero-order chi connectivity index (χ0) is 19.6. The first-order valence-corrected chi connectivity index (χ1v) is 11.4. The number of ether oxygens (including phenoxy) is 1. The number of H-pyrrole nitrogens is 1. The number of rotatable bonds is 4. The molecule has 4 heterocycles. The van der Waals surface area contributed by atoms with Gasteiger partial charge in [-0.25, -0.2) is 9.97 Å². The Labute approximate surface area is 179 Å². The molecule has 2 fully saturated rings. The number of nitrogens with one attached hydrogen (secondary N) is 2. The van der Waals surface area contributed by atoms with Crippen LogP contribution >= 0.6 is 23.4 Å². The van der Waals surface area contributed by atoms with Gasteiger partial charge in [-0.05, 0) is 44.1 Å². The Morgan fingerprint density at radius 2 is 1.83 bits per heavy atom. The van der Waals surface area contributed by atoms with Crippen LogP contribution in [-0.2, 0) is 4.74 Å². The van der Waals surface area contributed by atoms with Crippen LogP contribution in [0.3, 0.4) is 0 Å². The number of thioether (sulfide) groups is 1. The average molecular weight is 430 g/mol. The molecule has 8 heteroatoms. The SMILES string of the molecule is Clc1cc2[nH]c(SC3CCNCC3)nc2nc1-c1ccc(N2CCOCC2)cc1. The molecule has 2 aliphatic rings. The Kier molecular flexibility index (Phi) is 5.63. The lowest BCUT2D eigenvalue weighted by atomic mass is 10.1. The van der Waals surface area contributed by atoms with E-state index < -0.39 is 0 Å². The van der Waals surface area contributed by atoms with E-state index in [1.807, 2.05) is 17.8 Å². The number of halogens is 1. The standard InChI is InChI=1S/C21H24ClN5OS/c22-17-13-18-20(26-21(24-18)29-16-5-7-23-8-6-16)25-19(17)14-1-3-15(4-2-14)27-9-11-28-12-10-27/h1-4,13,16,23H,5-12H2,(H,24,25,26). The monoisotopic (exact) mass is 429 g/mol. The first kappa shape index (κ1) is 19.2. The van der Waals surface area contributed by atoms with Gasteiger partial charge in [-0.3, -0.25) is 0 Å². The molecule has 152 valence electrons. The van der Waals surface area contributed by atoms with E-state index in [9.17, 15) is 0 Å². The number of hydrogen-bond acceptors (Lipinski definition) is 6. The minimum atomic E-state index is 0.597. The Morgan fingerprint density at radius 3 is 2.59 bits per heavy atom. The highest BCUT2D eigenvalue weighted by Crippen LogP contribution is 2.32. The number of fused-ring (bicyclic) bond motifs is 1. The van der Waals surface area contributed by atoms with Crippen molar-refractivity contribution in [1.82, 2.24) is 20.3 Å². The summed E-state index contributed by atoms with van der Waals surface area (Å²) in [6, 6.07) is 10.4. The summed E-state index contributed by atoms with van der Waals surface area (Å²) in [6.07, 6.45) is 2.33. The summed E-state index contributed by atoms with van der Waals surface area (Å²) in [5, 5.41) is 5.56. The van der Waals surface area contributed by atoms with Crippen LogP contribution in [0.25, 0.3) is 22.4 Å². The Hall–Kier alpha value is -1.80. The van der Waals surface area contributed by atoms with Crippen LogP contribution in [0, 0.1) is 0 Å². The molecule has 2 N–H and O–H groups in total. The molecule has 0 atom stereocenters. The molecule has 3 aromatic rings. The largest absolute Gasteiger partial charge is 0.378 e. The van der Waals surface area contributed by atoms with Gasteiger partial charge < -0.3 is 19.9 Å². The fraction of sp³-hybridized carbons (Fsp3) is 0.429. The van der Waals surface area contributed by atoms with E-state index in [0.29, 0.717) is 10.3 Å². The minimum absolute atomic E-state index is 0.597. The van der Waals surface area contributed by atoms with E-state index in [4.69, 9.17) is 26.3 Å². The molecular weight excluding hydrogens is 406 g/mol. The highest BCUT2D eigenvalue weighted by molar-refractivity contribution is 7.99. The zero-order valence-electron chi connectivity index (χ0n) is 16.2. The number of aromatic nitrogens is 3. The van der Waals surface area contributed by atoms with Crippen molar-refractivity contribution >= 4 is 40.2 Å². The first-order chi connectivity index (χ1) is 14.3. The first-order valence-electron chi connectivity index (χ1n) is 10.1. The maximum atomic E-state index is 6.58. The smallest absolute Gasteiger partial charge is 0.179 e. The molecule has 0 radical (unpaired) electrons. The van der Waals surface area contributed by atoms with Gasteiger partial charge in [0.25, 0.3) is 0 Å². The van der Waals surface area contributed by atoms with Crippen LogP contribution in [-0.4, -0.2) is 59.6 Å². The fourth-order valence-corrected chi connectivity index (χ4v) is 5.23. The Balaban J connectivity index is 1.38. The molecule has 2 aromatic heterocycles. The van der Waals surface area contributed by atoms with Gasteiger partial charge in [0, 0.05) is 29.6 Å². The molecule has 0 bridgehead atoms. The van der Waals surface area contributed by atoms with E-state index in [0.717, 1.165) is 79.8 Å². The van der Waals surface area contributed by atoms with Crippen molar-refractivity contribution < 1.29 is 4.74 Å². The molecule has 5 rings (SSSR count). The summed E-state index contributed by atoms with van der Waals surface area (Å²) in [5.41, 5.74) is 4.59. The zero-order valence-corrected chi connectivity index (χ0v) is 17.7. The van der Waals surface area contributed by atoms with Crippen LogP contribution in [0.4, 0.5) is 5.69 Å². The number of hydrogen-bond donors (Lipinski definition) is 2. The number of benzene rings is 1. The molecule has 0 spiro atoms. The predicted octanol–water partition coefficient (Wildman–Crippen LogP) is 3.96. The lowest BCUT2D eigenvalue weighted by Gasteiger charge is -2.28. The van der Waals surface area contributed by atoms with Crippen LogP contribution in [0.15, 0.2) is 35.5 Å². The van der Waals surface area contributed by atoms with Crippen molar-refractivity contribution in [2.24, 2.45) is 0 Å². The molecule has 6 nitrogen and oxygen atoms in total. The molecule has 1 aromatic carbocycles. The summed E-state index contributed by atoms with van der Waals surface area (Å²) < 4.78 is 5.44. The van der Waals surface area contributed by atoms with Crippen molar-refractivity contribution in [3.63, 3.8) is 0 Å². The topological polar surface area (TPSA) is 66.1 Å². The van der Waals surface area contributed by atoms with Gasteiger partial charge in [0.1, 0.15) is 0 Å². The Bertz CT molecular complexity index is 981. The number of aromatic amines is 1. The van der Waals surface area contributed by atoms with Crippen molar-refractivity contribution in [2.45, 2.75) is 23.2 Å². The summed E-state index contributed by atoms with van der Waals surface area (Å²) in [6.45, 7) is 5.56. The van der Waals surface area contributed by atoms with Crippen molar-refractivity contribution in [2.75, 3.05) is 44.3 Å². The minimum Gasteiger partial charge on any atom is -0.378 e. The van der Waals surface area contributed by atoms with Crippen molar-refractivity contribution in [3.8, 4) is 11.3 Å². The lowest BCUT2D eigenvalue weighted by Crippen LogP contribution is -2.36. The van der Waals surface area contributed by atoms with Gasteiger partial charge in [0.2, 0.25) is 0 Å². The van der Waals surface area contributed by atoms with Crippen LogP contribution in [0.1, 0.15) is 12.8 Å².